The first-order valence-corrected chi connectivity index (χ1v) is 6.40. The van der Waals surface area contributed by atoms with E-state index in [1.54, 1.807) is 13.3 Å². The SMILES string of the molecule is CNc1ccc(-c2ccnc3nc(OC)ccc23)cc1. The summed E-state index contributed by atoms with van der Waals surface area (Å²) in [4.78, 5) is 8.67. The lowest BCUT2D eigenvalue weighted by molar-refractivity contribution is 0.399. The Morgan fingerprint density at radius 1 is 1.00 bits per heavy atom. The van der Waals surface area contributed by atoms with Crippen molar-refractivity contribution in [3.8, 4) is 17.0 Å². The number of anilines is 1. The van der Waals surface area contributed by atoms with Crippen LogP contribution in [0.15, 0.2) is 48.7 Å². The van der Waals surface area contributed by atoms with Crippen LogP contribution >= 0.6 is 0 Å². The molecule has 3 rings (SSSR count). The molecule has 0 aliphatic carbocycles. The molecule has 0 aliphatic heterocycles. The lowest BCUT2D eigenvalue weighted by atomic mass is 10.0. The Morgan fingerprint density at radius 3 is 2.50 bits per heavy atom. The van der Waals surface area contributed by atoms with E-state index in [4.69, 9.17) is 4.74 Å². The van der Waals surface area contributed by atoms with Gasteiger partial charge in [-0.05, 0) is 35.4 Å². The fourth-order valence-corrected chi connectivity index (χ4v) is 2.19. The van der Waals surface area contributed by atoms with Gasteiger partial charge in [0, 0.05) is 30.4 Å². The van der Waals surface area contributed by atoms with Gasteiger partial charge in [0.05, 0.1) is 7.11 Å². The van der Waals surface area contributed by atoms with Crippen molar-refractivity contribution in [3.05, 3.63) is 48.7 Å². The van der Waals surface area contributed by atoms with Gasteiger partial charge in [0.2, 0.25) is 5.88 Å². The van der Waals surface area contributed by atoms with E-state index in [1.807, 2.05) is 25.2 Å². The number of hydrogen-bond acceptors (Lipinski definition) is 4. The average Bonchev–Trinajstić information content (AvgIpc) is 2.54. The van der Waals surface area contributed by atoms with Crippen molar-refractivity contribution in [2.75, 3.05) is 19.5 Å². The van der Waals surface area contributed by atoms with E-state index in [9.17, 15) is 0 Å². The van der Waals surface area contributed by atoms with E-state index in [0.29, 0.717) is 11.5 Å². The van der Waals surface area contributed by atoms with E-state index in [1.165, 1.54) is 0 Å². The van der Waals surface area contributed by atoms with Crippen LogP contribution in [0.1, 0.15) is 0 Å². The maximum atomic E-state index is 5.14. The first kappa shape index (κ1) is 12.4. The Labute approximate surface area is 117 Å². The van der Waals surface area contributed by atoms with Gasteiger partial charge in [0.25, 0.3) is 0 Å². The number of nitrogens with one attached hydrogen (secondary N) is 1. The third-order valence-corrected chi connectivity index (χ3v) is 3.27. The van der Waals surface area contributed by atoms with E-state index in [-0.39, 0.29) is 0 Å². The molecule has 1 N–H and O–H groups in total. The number of hydrogen-bond donors (Lipinski definition) is 1. The van der Waals surface area contributed by atoms with E-state index < -0.39 is 0 Å². The zero-order chi connectivity index (χ0) is 13.9. The maximum Gasteiger partial charge on any atom is 0.215 e. The minimum Gasteiger partial charge on any atom is -0.481 e. The molecule has 4 nitrogen and oxygen atoms in total. The predicted molar refractivity (Wildman–Crippen MR) is 81.1 cm³/mol. The number of benzene rings is 1. The minimum absolute atomic E-state index is 0.577. The van der Waals surface area contributed by atoms with E-state index in [2.05, 4.69) is 39.6 Å². The number of aromatic nitrogens is 2. The van der Waals surface area contributed by atoms with Crippen molar-refractivity contribution < 1.29 is 4.74 Å². The van der Waals surface area contributed by atoms with Gasteiger partial charge in [-0.25, -0.2) is 4.98 Å². The number of pyridine rings is 2. The van der Waals surface area contributed by atoms with Crippen LogP contribution in [0, 0.1) is 0 Å². The summed E-state index contributed by atoms with van der Waals surface area (Å²) in [5.41, 5.74) is 4.04. The highest BCUT2D eigenvalue weighted by Gasteiger charge is 2.06. The predicted octanol–water partition coefficient (Wildman–Crippen LogP) is 3.35. The molecule has 2 aromatic heterocycles. The second-order valence-corrected chi connectivity index (χ2v) is 4.41. The van der Waals surface area contributed by atoms with Crippen LogP contribution in [0.25, 0.3) is 22.2 Å². The van der Waals surface area contributed by atoms with Gasteiger partial charge in [-0.15, -0.1) is 0 Å². The number of ether oxygens (including phenoxy) is 1. The zero-order valence-electron chi connectivity index (χ0n) is 11.4. The first-order chi connectivity index (χ1) is 9.81. The van der Waals surface area contributed by atoms with Gasteiger partial charge in [0.1, 0.15) is 0 Å². The Bertz CT molecular complexity index is 738. The molecular weight excluding hydrogens is 250 g/mol. The summed E-state index contributed by atoms with van der Waals surface area (Å²) in [5, 5.41) is 4.14. The normalized spacial score (nSPS) is 10.5. The molecule has 4 heteroatoms. The smallest absolute Gasteiger partial charge is 0.215 e. The van der Waals surface area contributed by atoms with Crippen molar-refractivity contribution in [1.82, 2.24) is 9.97 Å². The Morgan fingerprint density at radius 2 is 1.80 bits per heavy atom. The topological polar surface area (TPSA) is 47.0 Å². The molecule has 0 bridgehead atoms. The molecule has 0 saturated heterocycles. The van der Waals surface area contributed by atoms with Crippen LogP contribution in [-0.4, -0.2) is 24.1 Å². The van der Waals surface area contributed by atoms with Crippen LogP contribution < -0.4 is 10.1 Å². The third-order valence-electron chi connectivity index (χ3n) is 3.27. The van der Waals surface area contributed by atoms with Crippen molar-refractivity contribution in [1.29, 1.82) is 0 Å². The molecule has 0 spiro atoms. The van der Waals surface area contributed by atoms with Gasteiger partial charge >= 0.3 is 0 Å². The summed E-state index contributed by atoms with van der Waals surface area (Å²) in [6, 6.07) is 14.1. The van der Waals surface area contributed by atoms with Crippen molar-refractivity contribution in [2.45, 2.75) is 0 Å². The summed E-state index contributed by atoms with van der Waals surface area (Å²) in [6.45, 7) is 0. The minimum atomic E-state index is 0.577. The van der Waals surface area contributed by atoms with E-state index >= 15 is 0 Å². The lowest BCUT2D eigenvalue weighted by Gasteiger charge is -2.08. The molecule has 0 radical (unpaired) electrons. The molecule has 0 fully saturated rings. The number of rotatable bonds is 3. The van der Waals surface area contributed by atoms with Crippen LogP contribution in [0.3, 0.4) is 0 Å². The average molecular weight is 265 g/mol. The molecule has 1 aromatic carbocycles. The molecule has 0 unspecified atom stereocenters. The molecule has 0 saturated carbocycles. The fourth-order valence-electron chi connectivity index (χ4n) is 2.19. The summed E-state index contributed by atoms with van der Waals surface area (Å²) < 4.78 is 5.14. The molecule has 0 amide bonds. The molecular formula is C16H15N3O. The monoisotopic (exact) mass is 265 g/mol. The standard InChI is InChI=1S/C16H15N3O/c1-17-12-5-3-11(4-6-12)13-9-10-18-16-14(13)7-8-15(19-16)20-2/h3-10,17H,1-2H3. The largest absolute Gasteiger partial charge is 0.481 e. The van der Waals surface area contributed by atoms with Gasteiger partial charge in [-0.1, -0.05) is 12.1 Å². The fraction of sp³-hybridized carbons (Fsp3) is 0.125. The van der Waals surface area contributed by atoms with Crippen LogP contribution in [-0.2, 0) is 0 Å². The second kappa shape index (κ2) is 5.17. The zero-order valence-corrected chi connectivity index (χ0v) is 11.4. The number of methoxy groups -OCH3 is 1. The lowest BCUT2D eigenvalue weighted by Crippen LogP contribution is -1.92. The Kier molecular flexibility index (Phi) is 3.21. The highest BCUT2D eigenvalue weighted by atomic mass is 16.5. The molecule has 3 aromatic rings. The number of nitrogens with zero attached hydrogens (tertiary/aromatic N) is 2. The van der Waals surface area contributed by atoms with Crippen molar-refractivity contribution in [2.24, 2.45) is 0 Å². The van der Waals surface area contributed by atoms with Gasteiger partial charge in [0.15, 0.2) is 5.65 Å². The Balaban J connectivity index is 2.14. The van der Waals surface area contributed by atoms with Crippen LogP contribution in [0.4, 0.5) is 5.69 Å². The van der Waals surface area contributed by atoms with Gasteiger partial charge in [-0.3, -0.25) is 0 Å². The van der Waals surface area contributed by atoms with Gasteiger partial charge < -0.3 is 10.1 Å². The van der Waals surface area contributed by atoms with Crippen molar-refractivity contribution in [3.63, 3.8) is 0 Å². The molecule has 0 aliphatic rings. The highest BCUT2D eigenvalue weighted by molar-refractivity contribution is 5.92. The van der Waals surface area contributed by atoms with Crippen LogP contribution in [0.2, 0.25) is 0 Å². The summed E-state index contributed by atoms with van der Waals surface area (Å²) in [7, 11) is 3.52. The maximum absolute atomic E-state index is 5.14. The highest BCUT2D eigenvalue weighted by Crippen LogP contribution is 2.28. The summed E-state index contributed by atoms with van der Waals surface area (Å²) >= 11 is 0. The second-order valence-electron chi connectivity index (χ2n) is 4.41. The third kappa shape index (κ3) is 2.16. The van der Waals surface area contributed by atoms with Crippen LogP contribution in [0.5, 0.6) is 5.88 Å². The molecule has 0 atom stereocenters. The number of fused-ring (bicyclic) bond motifs is 1. The van der Waals surface area contributed by atoms with Crippen molar-refractivity contribution >= 4 is 16.7 Å². The summed E-state index contributed by atoms with van der Waals surface area (Å²) in [6.07, 6.45) is 1.77. The van der Waals surface area contributed by atoms with E-state index in [0.717, 1.165) is 22.2 Å². The quantitative estimate of drug-likeness (QED) is 0.789. The summed E-state index contributed by atoms with van der Waals surface area (Å²) in [5.74, 6) is 0.577. The first-order valence-electron chi connectivity index (χ1n) is 6.40. The molecule has 100 valence electrons. The molecule has 2 heterocycles. The molecule has 20 heavy (non-hydrogen) atoms. The Hall–Kier alpha value is -2.62. The van der Waals surface area contributed by atoms with Gasteiger partial charge in [-0.2, -0.15) is 4.98 Å².